The summed E-state index contributed by atoms with van der Waals surface area (Å²) in [5.74, 6) is 0.484. The van der Waals surface area contributed by atoms with E-state index in [0.717, 1.165) is 44.9 Å². The molecule has 1 aliphatic rings. The van der Waals surface area contributed by atoms with Gasteiger partial charge < -0.3 is 10.6 Å². The van der Waals surface area contributed by atoms with Crippen LogP contribution in [0.2, 0.25) is 0 Å². The SMILES string of the molecule is CCCCCN=C(NCC)NCCCCN1C(=O)c2ccccc2C1=O. The monoisotopic (exact) mass is 358 g/mol. The molecular formula is C20H30N4O2. The molecule has 0 saturated carbocycles. The number of hydrogen-bond acceptors (Lipinski definition) is 3. The fraction of sp³-hybridized carbons (Fsp3) is 0.550. The van der Waals surface area contributed by atoms with E-state index in [1.165, 1.54) is 17.7 Å². The molecule has 2 rings (SSSR count). The van der Waals surface area contributed by atoms with Gasteiger partial charge in [-0.3, -0.25) is 19.5 Å². The molecule has 0 radical (unpaired) electrons. The summed E-state index contributed by atoms with van der Waals surface area (Å²) in [5, 5.41) is 6.55. The van der Waals surface area contributed by atoms with Crippen LogP contribution in [-0.2, 0) is 0 Å². The zero-order valence-electron chi connectivity index (χ0n) is 15.9. The smallest absolute Gasteiger partial charge is 0.261 e. The number of hydrogen-bond donors (Lipinski definition) is 2. The van der Waals surface area contributed by atoms with Crippen molar-refractivity contribution >= 4 is 17.8 Å². The van der Waals surface area contributed by atoms with Crippen molar-refractivity contribution < 1.29 is 9.59 Å². The van der Waals surface area contributed by atoms with Gasteiger partial charge in [-0.15, -0.1) is 0 Å². The van der Waals surface area contributed by atoms with Gasteiger partial charge in [-0.25, -0.2) is 0 Å². The van der Waals surface area contributed by atoms with Crippen molar-refractivity contribution in [3.05, 3.63) is 35.4 Å². The first-order chi connectivity index (χ1) is 12.7. The zero-order valence-corrected chi connectivity index (χ0v) is 15.9. The van der Waals surface area contributed by atoms with Gasteiger partial charge in [0.1, 0.15) is 0 Å². The summed E-state index contributed by atoms with van der Waals surface area (Å²) < 4.78 is 0. The fourth-order valence-corrected chi connectivity index (χ4v) is 2.94. The Morgan fingerprint density at radius 1 is 0.962 bits per heavy atom. The van der Waals surface area contributed by atoms with Crippen LogP contribution < -0.4 is 10.6 Å². The molecule has 0 aliphatic carbocycles. The van der Waals surface area contributed by atoms with Crippen molar-refractivity contribution in [2.45, 2.75) is 46.0 Å². The summed E-state index contributed by atoms with van der Waals surface area (Å²) in [5.41, 5.74) is 1.04. The lowest BCUT2D eigenvalue weighted by molar-refractivity contribution is 0.0652. The largest absolute Gasteiger partial charge is 0.357 e. The van der Waals surface area contributed by atoms with Gasteiger partial charge in [0, 0.05) is 26.2 Å². The van der Waals surface area contributed by atoms with Gasteiger partial charge in [0.2, 0.25) is 0 Å². The van der Waals surface area contributed by atoms with E-state index in [2.05, 4.69) is 22.5 Å². The molecule has 0 bridgehead atoms. The molecule has 0 unspecified atom stereocenters. The van der Waals surface area contributed by atoms with E-state index in [-0.39, 0.29) is 11.8 Å². The van der Waals surface area contributed by atoms with E-state index in [0.29, 0.717) is 17.7 Å². The molecule has 26 heavy (non-hydrogen) atoms. The summed E-state index contributed by atoms with van der Waals surface area (Å²) in [6, 6.07) is 7.02. The van der Waals surface area contributed by atoms with Crippen LogP contribution in [0.15, 0.2) is 29.3 Å². The Balaban J connectivity index is 1.71. The maximum atomic E-state index is 12.3. The summed E-state index contributed by atoms with van der Waals surface area (Å²) >= 11 is 0. The van der Waals surface area contributed by atoms with E-state index < -0.39 is 0 Å². The van der Waals surface area contributed by atoms with Crippen LogP contribution in [-0.4, -0.2) is 48.9 Å². The second-order valence-electron chi connectivity index (χ2n) is 6.41. The molecule has 0 aromatic heterocycles. The number of nitrogens with one attached hydrogen (secondary N) is 2. The highest BCUT2D eigenvalue weighted by atomic mass is 16.2. The van der Waals surface area contributed by atoms with Crippen LogP contribution in [0.3, 0.4) is 0 Å². The van der Waals surface area contributed by atoms with E-state index in [1.54, 1.807) is 24.3 Å². The van der Waals surface area contributed by atoms with E-state index in [4.69, 9.17) is 0 Å². The van der Waals surface area contributed by atoms with Crippen molar-refractivity contribution in [3.8, 4) is 0 Å². The molecule has 0 fully saturated rings. The van der Waals surface area contributed by atoms with Crippen molar-refractivity contribution in [2.75, 3.05) is 26.2 Å². The molecule has 0 atom stereocenters. The molecule has 2 N–H and O–H groups in total. The number of fused-ring (bicyclic) bond motifs is 1. The second kappa shape index (κ2) is 10.6. The topological polar surface area (TPSA) is 73.8 Å². The van der Waals surface area contributed by atoms with Gasteiger partial charge in [0.05, 0.1) is 11.1 Å². The average molecular weight is 358 g/mol. The number of carbonyl (C=O) groups excluding carboxylic acids is 2. The van der Waals surface area contributed by atoms with Crippen LogP contribution in [0.1, 0.15) is 66.7 Å². The number of aliphatic imine (C=N–C) groups is 1. The Hall–Kier alpha value is -2.37. The second-order valence-corrected chi connectivity index (χ2v) is 6.41. The number of benzene rings is 1. The molecule has 1 aromatic carbocycles. The van der Waals surface area contributed by atoms with Crippen LogP contribution in [0.25, 0.3) is 0 Å². The first-order valence-electron chi connectivity index (χ1n) is 9.66. The molecular weight excluding hydrogens is 328 g/mol. The number of unbranched alkanes of at least 4 members (excludes halogenated alkanes) is 3. The molecule has 1 aromatic rings. The lowest BCUT2D eigenvalue weighted by Gasteiger charge is -2.14. The molecule has 142 valence electrons. The highest BCUT2D eigenvalue weighted by Gasteiger charge is 2.34. The maximum Gasteiger partial charge on any atom is 0.261 e. The normalized spacial score (nSPS) is 13.9. The third-order valence-corrected chi connectivity index (χ3v) is 4.35. The summed E-state index contributed by atoms with van der Waals surface area (Å²) in [7, 11) is 0. The van der Waals surface area contributed by atoms with Crippen molar-refractivity contribution in [1.29, 1.82) is 0 Å². The van der Waals surface area contributed by atoms with Gasteiger partial charge >= 0.3 is 0 Å². The average Bonchev–Trinajstić information content (AvgIpc) is 2.90. The Labute approximate surface area is 156 Å². The predicted octanol–water partition coefficient (Wildman–Crippen LogP) is 2.81. The minimum atomic E-state index is -0.176. The number of carbonyl (C=O) groups is 2. The zero-order chi connectivity index (χ0) is 18.8. The number of nitrogens with zero attached hydrogens (tertiary/aromatic N) is 2. The molecule has 0 saturated heterocycles. The summed E-state index contributed by atoms with van der Waals surface area (Å²) in [4.78, 5) is 30.5. The molecule has 1 aliphatic heterocycles. The number of guanidine groups is 1. The van der Waals surface area contributed by atoms with Crippen LogP contribution in [0.4, 0.5) is 0 Å². The lowest BCUT2D eigenvalue weighted by Crippen LogP contribution is -2.38. The highest BCUT2D eigenvalue weighted by molar-refractivity contribution is 6.21. The van der Waals surface area contributed by atoms with Crippen molar-refractivity contribution in [2.24, 2.45) is 4.99 Å². The Kier molecular flexibility index (Phi) is 8.12. The van der Waals surface area contributed by atoms with Gasteiger partial charge in [-0.05, 0) is 38.3 Å². The fourth-order valence-electron chi connectivity index (χ4n) is 2.94. The molecule has 6 heteroatoms. The molecule has 1 heterocycles. The van der Waals surface area contributed by atoms with Gasteiger partial charge in [-0.2, -0.15) is 0 Å². The first-order valence-corrected chi connectivity index (χ1v) is 9.66. The quantitative estimate of drug-likeness (QED) is 0.292. The molecule has 6 nitrogen and oxygen atoms in total. The third kappa shape index (κ3) is 5.31. The van der Waals surface area contributed by atoms with Gasteiger partial charge in [0.25, 0.3) is 11.8 Å². The van der Waals surface area contributed by atoms with Crippen LogP contribution in [0, 0.1) is 0 Å². The van der Waals surface area contributed by atoms with Gasteiger partial charge in [0.15, 0.2) is 5.96 Å². The van der Waals surface area contributed by atoms with Crippen molar-refractivity contribution in [3.63, 3.8) is 0 Å². The lowest BCUT2D eigenvalue weighted by atomic mass is 10.1. The number of amides is 2. The maximum absolute atomic E-state index is 12.3. The third-order valence-electron chi connectivity index (χ3n) is 4.35. The Morgan fingerprint density at radius 2 is 1.65 bits per heavy atom. The summed E-state index contributed by atoms with van der Waals surface area (Å²) in [6.07, 6.45) is 5.13. The number of rotatable bonds is 10. The standard InChI is InChI=1S/C20H30N4O2/c1-3-5-8-13-22-20(21-4-2)23-14-9-10-15-24-18(25)16-11-6-7-12-17(16)19(24)26/h6-7,11-12H,3-5,8-10,13-15H2,1-2H3,(H2,21,22,23). The highest BCUT2D eigenvalue weighted by Crippen LogP contribution is 2.22. The van der Waals surface area contributed by atoms with Crippen LogP contribution in [0.5, 0.6) is 0 Å². The van der Waals surface area contributed by atoms with Gasteiger partial charge in [-0.1, -0.05) is 31.9 Å². The minimum Gasteiger partial charge on any atom is -0.357 e. The van der Waals surface area contributed by atoms with E-state index in [1.807, 2.05) is 6.92 Å². The Morgan fingerprint density at radius 3 is 2.27 bits per heavy atom. The molecule has 2 amide bonds. The minimum absolute atomic E-state index is 0.176. The van der Waals surface area contributed by atoms with Crippen molar-refractivity contribution in [1.82, 2.24) is 15.5 Å². The molecule has 0 spiro atoms. The first kappa shape index (κ1) is 19.9. The summed E-state index contributed by atoms with van der Waals surface area (Å²) in [6.45, 7) is 7.11. The Bertz CT molecular complexity index is 607. The predicted molar refractivity (Wildman–Crippen MR) is 105 cm³/mol. The van der Waals surface area contributed by atoms with E-state index in [9.17, 15) is 9.59 Å². The van der Waals surface area contributed by atoms with E-state index >= 15 is 0 Å². The van der Waals surface area contributed by atoms with Crippen LogP contribution >= 0.6 is 0 Å². The number of imide groups is 1.